The topological polar surface area (TPSA) is 125 Å². The Morgan fingerprint density at radius 3 is 2.34 bits per heavy atom. The van der Waals surface area contributed by atoms with E-state index >= 15 is 0 Å². The summed E-state index contributed by atoms with van der Waals surface area (Å²) in [5.41, 5.74) is 0.113. The second-order valence-electron chi connectivity index (χ2n) is 10.2. The summed E-state index contributed by atoms with van der Waals surface area (Å²) in [6.07, 6.45) is 5.43. The van der Waals surface area contributed by atoms with Crippen molar-refractivity contribution in [1.29, 1.82) is 0 Å². The van der Waals surface area contributed by atoms with E-state index in [4.69, 9.17) is 9.47 Å². The van der Waals surface area contributed by atoms with E-state index in [0.717, 1.165) is 12.8 Å². The number of hydrogen-bond donors (Lipinski definition) is 3. The van der Waals surface area contributed by atoms with E-state index in [1.165, 1.54) is 41.7 Å². The number of ether oxygens (including phenoxy) is 2. The van der Waals surface area contributed by atoms with Gasteiger partial charge in [-0.3, -0.25) is 4.79 Å². The summed E-state index contributed by atoms with van der Waals surface area (Å²) in [6, 6.07) is 9.81. The molecule has 0 saturated carbocycles. The van der Waals surface area contributed by atoms with Gasteiger partial charge in [-0.05, 0) is 68.0 Å². The molecular weight excluding hydrogens is 544 g/mol. The van der Waals surface area contributed by atoms with Crippen LogP contribution in [-0.4, -0.2) is 67.8 Å². The first-order valence-electron chi connectivity index (χ1n) is 13.8. The molecule has 2 atom stereocenters. The van der Waals surface area contributed by atoms with E-state index in [-0.39, 0.29) is 47.6 Å². The lowest BCUT2D eigenvalue weighted by atomic mass is 10.0. The Labute approximate surface area is 244 Å². The molecule has 0 aliphatic heterocycles. The van der Waals surface area contributed by atoms with E-state index in [2.05, 4.69) is 18.5 Å². The molecule has 0 aliphatic carbocycles. The molecule has 0 spiro atoms. The molecule has 41 heavy (non-hydrogen) atoms. The number of aliphatic hydroxyl groups is 1. The maximum absolute atomic E-state index is 13.6. The number of rotatable bonds is 19. The fourth-order valence-corrected chi connectivity index (χ4v) is 5.89. The van der Waals surface area contributed by atoms with Crippen molar-refractivity contribution < 1.29 is 32.9 Å². The minimum Gasteiger partial charge on any atom is -0.504 e. The number of phenolic OH excluding ortho intramolecular Hbond substituents is 1. The molecule has 0 aromatic heterocycles. The van der Waals surface area contributed by atoms with Crippen molar-refractivity contribution >= 4 is 15.9 Å². The largest absolute Gasteiger partial charge is 0.504 e. The molecule has 0 heterocycles. The fourth-order valence-electron chi connectivity index (χ4n) is 4.27. The summed E-state index contributed by atoms with van der Waals surface area (Å²) in [7, 11) is -2.45. The Kier molecular flexibility index (Phi) is 13.9. The Balaban J connectivity index is 2.33. The zero-order valence-electron chi connectivity index (χ0n) is 24.3. The molecule has 2 aromatic rings. The summed E-state index contributed by atoms with van der Waals surface area (Å²) in [5, 5.41) is 24.6. The predicted molar refractivity (Wildman–Crippen MR) is 161 cm³/mol. The molecule has 10 heteroatoms. The standard InChI is InChI=1S/C31H44N2O7S/c1-6-8-10-11-14-27(32-31(36)26-13-12-15-28(34)30(26)40-20-9-7-2)29(35)22-33(21-23(3)4)41(37,38)25-18-16-24(39-5)17-19-25/h6-7,12-13,15-19,23,27,29,34-35H,1-2,8-11,14,20-22H2,3-5H3,(H,32,36). The monoisotopic (exact) mass is 588 g/mol. The van der Waals surface area contributed by atoms with Gasteiger partial charge in [0.05, 0.1) is 36.3 Å². The zero-order chi connectivity index (χ0) is 30.4. The van der Waals surface area contributed by atoms with Gasteiger partial charge in [0, 0.05) is 13.1 Å². The number of carbonyl (C=O) groups is 1. The van der Waals surface area contributed by atoms with Crippen molar-refractivity contribution in [3.05, 3.63) is 73.3 Å². The number of para-hydroxylation sites is 1. The molecule has 0 aliphatic rings. The lowest BCUT2D eigenvalue weighted by molar-refractivity contribution is 0.0751. The average molecular weight is 589 g/mol. The molecular formula is C31H44N2O7S. The van der Waals surface area contributed by atoms with Crippen LogP contribution in [0.4, 0.5) is 0 Å². The van der Waals surface area contributed by atoms with E-state index in [0.29, 0.717) is 25.0 Å². The Morgan fingerprint density at radius 1 is 1.05 bits per heavy atom. The molecule has 3 N–H and O–H groups in total. The molecule has 0 bridgehead atoms. The second-order valence-corrected chi connectivity index (χ2v) is 12.1. The van der Waals surface area contributed by atoms with Gasteiger partial charge in [0.15, 0.2) is 11.5 Å². The number of benzene rings is 2. The van der Waals surface area contributed by atoms with E-state index < -0.39 is 28.1 Å². The number of nitrogens with zero attached hydrogens (tertiary/aromatic N) is 1. The van der Waals surface area contributed by atoms with Gasteiger partial charge in [-0.1, -0.05) is 38.5 Å². The molecule has 0 saturated heterocycles. The van der Waals surface area contributed by atoms with Crippen LogP contribution in [0.2, 0.25) is 0 Å². The SMILES string of the molecule is C=CCCCCC(NC(=O)c1cccc(O)c1OCCC=C)C(O)CN(CC(C)C)S(=O)(=O)c1ccc(OC)cc1. The van der Waals surface area contributed by atoms with Gasteiger partial charge in [-0.15, -0.1) is 13.2 Å². The number of carbonyl (C=O) groups excluding carboxylic acids is 1. The summed E-state index contributed by atoms with van der Waals surface area (Å²) in [5.74, 6) is -0.177. The van der Waals surface area contributed by atoms with Gasteiger partial charge in [0.2, 0.25) is 10.0 Å². The van der Waals surface area contributed by atoms with E-state index in [9.17, 15) is 23.4 Å². The number of aliphatic hydroxyl groups excluding tert-OH is 1. The third-order valence-corrected chi connectivity index (χ3v) is 8.26. The van der Waals surface area contributed by atoms with E-state index in [1.54, 1.807) is 24.3 Å². The molecule has 2 unspecified atom stereocenters. The molecule has 226 valence electrons. The number of amides is 1. The smallest absolute Gasteiger partial charge is 0.255 e. The fraction of sp³-hybridized carbons (Fsp3) is 0.452. The number of hydrogen-bond acceptors (Lipinski definition) is 7. The van der Waals surface area contributed by atoms with Gasteiger partial charge >= 0.3 is 0 Å². The van der Waals surface area contributed by atoms with Crippen molar-refractivity contribution in [2.75, 3.05) is 26.8 Å². The van der Waals surface area contributed by atoms with Crippen molar-refractivity contribution in [2.45, 2.75) is 63.0 Å². The highest BCUT2D eigenvalue weighted by molar-refractivity contribution is 7.89. The number of nitrogens with one attached hydrogen (secondary N) is 1. The van der Waals surface area contributed by atoms with Crippen LogP contribution in [0.1, 0.15) is 56.3 Å². The number of allylic oxidation sites excluding steroid dienone is 1. The van der Waals surface area contributed by atoms with Gasteiger partial charge in [-0.25, -0.2) is 8.42 Å². The van der Waals surface area contributed by atoms with Crippen LogP contribution in [0, 0.1) is 5.92 Å². The van der Waals surface area contributed by atoms with Gasteiger partial charge < -0.3 is 25.0 Å². The maximum Gasteiger partial charge on any atom is 0.255 e. The van der Waals surface area contributed by atoms with Crippen LogP contribution < -0.4 is 14.8 Å². The first kappa shape index (κ1) is 33.9. The Bertz CT molecular complexity index is 1230. The quantitative estimate of drug-likeness (QED) is 0.157. The van der Waals surface area contributed by atoms with Crippen molar-refractivity contribution in [1.82, 2.24) is 9.62 Å². The Hall–Kier alpha value is -3.34. The zero-order valence-corrected chi connectivity index (χ0v) is 25.1. The summed E-state index contributed by atoms with van der Waals surface area (Å²) >= 11 is 0. The summed E-state index contributed by atoms with van der Waals surface area (Å²) in [4.78, 5) is 13.5. The lowest BCUT2D eigenvalue weighted by Gasteiger charge is -2.31. The minimum absolute atomic E-state index is 0.0153. The van der Waals surface area contributed by atoms with Gasteiger partial charge in [-0.2, -0.15) is 4.31 Å². The average Bonchev–Trinajstić information content (AvgIpc) is 2.94. The molecule has 2 aromatic carbocycles. The van der Waals surface area contributed by atoms with E-state index in [1.807, 2.05) is 13.8 Å². The highest BCUT2D eigenvalue weighted by Gasteiger charge is 2.31. The highest BCUT2D eigenvalue weighted by Crippen LogP contribution is 2.30. The second kappa shape index (κ2) is 16.8. The first-order chi connectivity index (χ1) is 19.5. The number of sulfonamides is 1. The minimum atomic E-state index is -3.95. The highest BCUT2D eigenvalue weighted by atomic mass is 32.2. The van der Waals surface area contributed by atoms with Gasteiger partial charge in [0.25, 0.3) is 5.91 Å². The third-order valence-electron chi connectivity index (χ3n) is 6.42. The van der Waals surface area contributed by atoms with Crippen LogP contribution in [0.5, 0.6) is 17.2 Å². The first-order valence-corrected chi connectivity index (χ1v) is 15.3. The molecule has 0 radical (unpaired) electrons. The lowest BCUT2D eigenvalue weighted by Crippen LogP contribution is -2.50. The molecule has 0 fully saturated rings. The normalized spacial score (nSPS) is 13.0. The maximum atomic E-state index is 13.6. The van der Waals surface area contributed by atoms with Crippen LogP contribution >= 0.6 is 0 Å². The molecule has 2 rings (SSSR count). The van der Waals surface area contributed by atoms with Crippen LogP contribution in [0.15, 0.2) is 72.7 Å². The van der Waals surface area contributed by atoms with Crippen molar-refractivity contribution in [3.63, 3.8) is 0 Å². The van der Waals surface area contributed by atoms with Crippen LogP contribution in [-0.2, 0) is 10.0 Å². The molecule has 1 amide bonds. The van der Waals surface area contributed by atoms with Gasteiger partial charge in [0.1, 0.15) is 5.75 Å². The van der Waals surface area contributed by atoms with Crippen molar-refractivity contribution in [3.8, 4) is 17.2 Å². The predicted octanol–water partition coefficient (Wildman–Crippen LogP) is 4.91. The number of aromatic hydroxyl groups is 1. The number of unbranched alkanes of at least 4 members (excludes halogenated alkanes) is 2. The third kappa shape index (κ3) is 10.2. The number of phenols is 1. The summed E-state index contributed by atoms with van der Waals surface area (Å²) in [6.45, 7) is 11.4. The summed E-state index contributed by atoms with van der Waals surface area (Å²) < 4.78 is 39.3. The van der Waals surface area contributed by atoms with Crippen LogP contribution in [0.25, 0.3) is 0 Å². The van der Waals surface area contributed by atoms with Crippen molar-refractivity contribution in [2.24, 2.45) is 5.92 Å². The number of methoxy groups -OCH3 is 1. The van der Waals surface area contributed by atoms with Crippen LogP contribution in [0.3, 0.4) is 0 Å². The molecule has 9 nitrogen and oxygen atoms in total. The Morgan fingerprint density at radius 2 is 1.73 bits per heavy atom.